The summed E-state index contributed by atoms with van der Waals surface area (Å²) in [6, 6.07) is 7.07. The van der Waals surface area contributed by atoms with Crippen LogP contribution in [0, 0.1) is 5.92 Å². The molecule has 0 saturated carbocycles. The number of unbranched alkanes of at least 4 members (excludes halogenated alkanes) is 11. The molecule has 1 rings (SSSR count). The van der Waals surface area contributed by atoms with Gasteiger partial charge in [0.25, 0.3) is 0 Å². The Bertz CT molecular complexity index is 1330. The molecular weight excluding hydrogens is 776 g/mol. The standard InChI is InChI=1S/C44H74N4O12/c1-35(2)31-36-17-19-37(20-18-36)32-47-42(52)34-60-30-28-58-26-24-46-41(51)33-59-29-27-57-25-23-45-39(49)22-21-38(44(55)56)48-40(50)15-13-11-9-7-5-3-4-6-8-10-12-14-16-43(53)54/h17-20,35,38H,3-16,21-34H2,1-2H3,(H,45,49)(H,46,51)(H,47,52)(H,48,50)(H,53,54)(H,55,56). The first-order valence-corrected chi connectivity index (χ1v) is 21.9. The average molecular weight is 851 g/mol. The molecule has 1 aromatic carbocycles. The van der Waals surface area contributed by atoms with Crippen LogP contribution in [0.2, 0.25) is 0 Å². The fourth-order valence-corrected chi connectivity index (χ4v) is 6.08. The molecule has 0 heterocycles. The zero-order valence-corrected chi connectivity index (χ0v) is 36.2. The summed E-state index contributed by atoms with van der Waals surface area (Å²) in [4.78, 5) is 70.6. The summed E-state index contributed by atoms with van der Waals surface area (Å²) in [5.74, 6) is -2.51. The summed E-state index contributed by atoms with van der Waals surface area (Å²) >= 11 is 0. The van der Waals surface area contributed by atoms with Crippen molar-refractivity contribution in [2.45, 2.75) is 136 Å². The number of rotatable bonds is 40. The predicted molar refractivity (Wildman–Crippen MR) is 227 cm³/mol. The average Bonchev–Trinajstić information content (AvgIpc) is 3.20. The van der Waals surface area contributed by atoms with Crippen molar-refractivity contribution in [3.8, 4) is 0 Å². The number of amides is 4. The molecule has 16 nitrogen and oxygen atoms in total. The molecule has 342 valence electrons. The van der Waals surface area contributed by atoms with Gasteiger partial charge in [-0.3, -0.25) is 24.0 Å². The Morgan fingerprint density at radius 1 is 0.517 bits per heavy atom. The summed E-state index contributed by atoms with van der Waals surface area (Å²) in [5.41, 5.74) is 2.30. The molecular formula is C44H74N4O12. The van der Waals surface area contributed by atoms with Crippen LogP contribution in [0.3, 0.4) is 0 Å². The van der Waals surface area contributed by atoms with Crippen LogP contribution >= 0.6 is 0 Å². The number of carboxylic acids is 2. The molecule has 6 N–H and O–H groups in total. The van der Waals surface area contributed by atoms with Gasteiger partial charge in [0.1, 0.15) is 19.3 Å². The quantitative estimate of drug-likeness (QED) is 0.0495. The van der Waals surface area contributed by atoms with Crippen molar-refractivity contribution in [3.63, 3.8) is 0 Å². The van der Waals surface area contributed by atoms with Crippen LogP contribution in [0.4, 0.5) is 0 Å². The summed E-state index contributed by atoms with van der Waals surface area (Å²) in [6.45, 7) is 6.48. The lowest BCUT2D eigenvalue weighted by atomic mass is 10.0. The molecule has 0 spiro atoms. The van der Waals surface area contributed by atoms with E-state index in [1.54, 1.807) is 0 Å². The highest BCUT2D eigenvalue weighted by molar-refractivity contribution is 5.84. The first kappa shape index (κ1) is 53.9. The predicted octanol–water partition coefficient (Wildman–Crippen LogP) is 4.70. The fraction of sp³-hybridized carbons (Fsp3) is 0.727. The molecule has 1 unspecified atom stereocenters. The highest BCUT2D eigenvalue weighted by atomic mass is 16.5. The van der Waals surface area contributed by atoms with Crippen LogP contribution in [0.5, 0.6) is 0 Å². The lowest BCUT2D eigenvalue weighted by Crippen LogP contribution is -2.41. The lowest BCUT2D eigenvalue weighted by molar-refractivity contribution is -0.142. The van der Waals surface area contributed by atoms with Gasteiger partial charge in [-0.15, -0.1) is 0 Å². The van der Waals surface area contributed by atoms with E-state index in [2.05, 4.69) is 47.2 Å². The summed E-state index contributed by atoms with van der Waals surface area (Å²) in [6.07, 6.45) is 13.8. The van der Waals surface area contributed by atoms with Gasteiger partial charge in [0, 0.05) is 38.9 Å². The second-order valence-corrected chi connectivity index (χ2v) is 15.4. The smallest absolute Gasteiger partial charge is 0.326 e. The Kier molecular flexibility index (Phi) is 33.0. The maximum atomic E-state index is 12.3. The van der Waals surface area contributed by atoms with Gasteiger partial charge in [0.05, 0.1) is 39.6 Å². The van der Waals surface area contributed by atoms with E-state index >= 15 is 0 Å². The summed E-state index contributed by atoms with van der Waals surface area (Å²) in [7, 11) is 0. The van der Waals surface area contributed by atoms with Gasteiger partial charge in [-0.05, 0) is 42.7 Å². The third kappa shape index (κ3) is 33.7. The van der Waals surface area contributed by atoms with Crippen molar-refractivity contribution < 1.29 is 57.9 Å². The fourth-order valence-electron chi connectivity index (χ4n) is 6.08. The highest BCUT2D eigenvalue weighted by Gasteiger charge is 2.20. The second-order valence-electron chi connectivity index (χ2n) is 15.4. The molecule has 0 aliphatic rings. The number of hydrogen-bond donors (Lipinski definition) is 6. The molecule has 16 heteroatoms. The van der Waals surface area contributed by atoms with E-state index in [0.717, 1.165) is 63.4 Å². The van der Waals surface area contributed by atoms with E-state index in [-0.39, 0.29) is 109 Å². The summed E-state index contributed by atoms with van der Waals surface area (Å²) < 4.78 is 21.5. The zero-order chi connectivity index (χ0) is 44.1. The minimum absolute atomic E-state index is 0.0257. The molecule has 0 saturated heterocycles. The number of carboxylic acid groups (broad SMARTS) is 2. The van der Waals surface area contributed by atoms with Crippen molar-refractivity contribution in [1.29, 1.82) is 0 Å². The van der Waals surface area contributed by atoms with Crippen LogP contribution in [0.1, 0.15) is 128 Å². The third-order valence-corrected chi connectivity index (χ3v) is 9.34. The highest BCUT2D eigenvalue weighted by Crippen LogP contribution is 2.13. The molecule has 0 aliphatic carbocycles. The van der Waals surface area contributed by atoms with Crippen molar-refractivity contribution in [3.05, 3.63) is 35.4 Å². The van der Waals surface area contributed by atoms with E-state index in [9.17, 15) is 33.9 Å². The van der Waals surface area contributed by atoms with E-state index in [1.165, 1.54) is 24.8 Å². The third-order valence-electron chi connectivity index (χ3n) is 9.34. The molecule has 0 aromatic heterocycles. The molecule has 4 amide bonds. The SMILES string of the molecule is CC(C)Cc1ccc(CNC(=O)COCCOCCNC(=O)COCCOCCNC(=O)CCC(NC(=O)CCCCCCCCCCCCCCC(=O)O)C(=O)O)cc1. The molecule has 0 fully saturated rings. The van der Waals surface area contributed by atoms with Crippen LogP contribution in [-0.4, -0.2) is 118 Å². The zero-order valence-electron chi connectivity index (χ0n) is 36.2. The number of benzene rings is 1. The van der Waals surface area contributed by atoms with Crippen LogP contribution in [0.15, 0.2) is 24.3 Å². The van der Waals surface area contributed by atoms with Gasteiger partial charge >= 0.3 is 11.9 Å². The Morgan fingerprint density at radius 2 is 0.967 bits per heavy atom. The van der Waals surface area contributed by atoms with E-state index in [1.807, 2.05) is 12.1 Å². The monoisotopic (exact) mass is 851 g/mol. The molecule has 1 atom stereocenters. The topological polar surface area (TPSA) is 228 Å². The van der Waals surface area contributed by atoms with Crippen LogP contribution in [0.25, 0.3) is 0 Å². The normalized spacial score (nSPS) is 11.6. The first-order chi connectivity index (χ1) is 29.0. The van der Waals surface area contributed by atoms with Crippen molar-refractivity contribution in [2.24, 2.45) is 5.92 Å². The van der Waals surface area contributed by atoms with Crippen LogP contribution < -0.4 is 21.3 Å². The van der Waals surface area contributed by atoms with Gasteiger partial charge in [0.15, 0.2) is 0 Å². The Hall–Kier alpha value is -4.12. The van der Waals surface area contributed by atoms with Crippen molar-refractivity contribution in [2.75, 3.05) is 65.9 Å². The molecule has 60 heavy (non-hydrogen) atoms. The number of aliphatic carboxylic acids is 2. The Labute approximate surface area is 357 Å². The molecule has 0 aliphatic heterocycles. The van der Waals surface area contributed by atoms with Gasteiger partial charge < -0.3 is 50.4 Å². The van der Waals surface area contributed by atoms with Crippen molar-refractivity contribution >= 4 is 35.6 Å². The van der Waals surface area contributed by atoms with Gasteiger partial charge in [0.2, 0.25) is 23.6 Å². The largest absolute Gasteiger partial charge is 0.481 e. The maximum Gasteiger partial charge on any atom is 0.326 e. The second kappa shape index (κ2) is 36.7. The lowest BCUT2D eigenvalue weighted by Gasteiger charge is -2.14. The molecule has 0 radical (unpaired) electrons. The molecule has 0 bridgehead atoms. The number of hydrogen-bond acceptors (Lipinski definition) is 10. The van der Waals surface area contributed by atoms with Gasteiger partial charge in [-0.25, -0.2) is 4.79 Å². The van der Waals surface area contributed by atoms with E-state index < -0.39 is 18.0 Å². The first-order valence-electron chi connectivity index (χ1n) is 21.9. The minimum atomic E-state index is -1.18. The Balaban J connectivity index is 1.92. The van der Waals surface area contributed by atoms with Gasteiger partial charge in [-0.2, -0.15) is 0 Å². The van der Waals surface area contributed by atoms with Crippen molar-refractivity contribution in [1.82, 2.24) is 21.3 Å². The van der Waals surface area contributed by atoms with E-state index in [4.69, 9.17) is 24.1 Å². The minimum Gasteiger partial charge on any atom is -0.481 e. The molecule has 1 aromatic rings. The van der Waals surface area contributed by atoms with Crippen LogP contribution in [-0.2, 0) is 60.7 Å². The summed E-state index contributed by atoms with van der Waals surface area (Å²) in [5, 5.41) is 28.8. The number of carbonyl (C=O) groups excluding carboxylic acids is 4. The number of carbonyl (C=O) groups is 6. The number of ether oxygens (including phenoxy) is 4. The van der Waals surface area contributed by atoms with Gasteiger partial charge in [-0.1, -0.05) is 102 Å². The number of nitrogens with one attached hydrogen (secondary N) is 4. The van der Waals surface area contributed by atoms with E-state index in [0.29, 0.717) is 25.4 Å². The maximum absolute atomic E-state index is 12.3. The Morgan fingerprint density at radius 3 is 1.47 bits per heavy atom.